The van der Waals surface area contributed by atoms with Crippen molar-refractivity contribution in [1.82, 2.24) is 0 Å². The Hall–Kier alpha value is -0.890. The van der Waals surface area contributed by atoms with Crippen molar-refractivity contribution in [3.05, 3.63) is 23.2 Å². The Morgan fingerprint density at radius 1 is 1.19 bits per heavy atom. The van der Waals surface area contributed by atoms with Crippen LogP contribution in [-0.4, -0.2) is 12.6 Å². The quantitative estimate of drug-likeness (QED) is 0.847. The van der Waals surface area contributed by atoms with Gasteiger partial charge in [-0.3, -0.25) is 0 Å². The summed E-state index contributed by atoms with van der Waals surface area (Å²) in [6.45, 7) is 2.72. The fourth-order valence-corrected chi connectivity index (χ4v) is 5.50. The maximum atomic E-state index is 6.18. The van der Waals surface area contributed by atoms with E-state index in [1.165, 1.54) is 32.1 Å². The SMILES string of the molecule is CCOc1ccc(Cl)cc1NC1CC2CC1C1CCCC21. The molecule has 2 nitrogen and oxygen atoms in total. The highest BCUT2D eigenvalue weighted by Gasteiger charge is 2.53. The summed E-state index contributed by atoms with van der Waals surface area (Å²) in [7, 11) is 0. The van der Waals surface area contributed by atoms with Gasteiger partial charge in [-0.2, -0.15) is 0 Å². The van der Waals surface area contributed by atoms with Gasteiger partial charge in [-0.05, 0) is 74.5 Å². The third kappa shape index (κ3) is 2.32. The predicted octanol–water partition coefficient (Wildman–Crippen LogP) is 4.98. The highest BCUT2D eigenvalue weighted by molar-refractivity contribution is 6.30. The summed E-state index contributed by atoms with van der Waals surface area (Å²) < 4.78 is 5.75. The molecule has 1 aromatic rings. The van der Waals surface area contributed by atoms with Gasteiger partial charge in [0.15, 0.2) is 0 Å². The summed E-state index contributed by atoms with van der Waals surface area (Å²) in [4.78, 5) is 0. The van der Waals surface area contributed by atoms with E-state index in [0.717, 1.165) is 40.1 Å². The standard InChI is InChI=1S/C18H24ClNO/c1-2-21-18-7-6-12(19)10-17(18)20-16-9-11-8-15(16)14-5-3-4-13(11)14/h6-7,10-11,13-16,20H,2-5,8-9H2,1H3. The van der Waals surface area contributed by atoms with Crippen molar-refractivity contribution in [2.24, 2.45) is 23.7 Å². The summed E-state index contributed by atoms with van der Waals surface area (Å²) in [5.74, 6) is 4.80. The van der Waals surface area contributed by atoms with Gasteiger partial charge in [-0.15, -0.1) is 0 Å². The van der Waals surface area contributed by atoms with Crippen LogP contribution < -0.4 is 10.1 Å². The van der Waals surface area contributed by atoms with Crippen LogP contribution in [0.1, 0.15) is 39.0 Å². The lowest BCUT2D eigenvalue weighted by molar-refractivity contribution is 0.242. The second-order valence-corrected chi connectivity index (χ2v) is 7.41. The van der Waals surface area contributed by atoms with Gasteiger partial charge in [0.25, 0.3) is 0 Å². The van der Waals surface area contributed by atoms with E-state index < -0.39 is 0 Å². The van der Waals surface area contributed by atoms with Crippen LogP contribution in [0, 0.1) is 23.7 Å². The highest BCUT2D eigenvalue weighted by Crippen LogP contribution is 2.59. The minimum absolute atomic E-state index is 0.618. The van der Waals surface area contributed by atoms with Crippen molar-refractivity contribution in [3.63, 3.8) is 0 Å². The van der Waals surface area contributed by atoms with Gasteiger partial charge in [-0.25, -0.2) is 0 Å². The van der Waals surface area contributed by atoms with Crippen LogP contribution in [0.15, 0.2) is 18.2 Å². The molecule has 1 aromatic carbocycles. The third-order valence-electron chi connectivity index (χ3n) is 6.01. The molecule has 3 aliphatic carbocycles. The van der Waals surface area contributed by atoms with Gasteiger partial charge in [0.1, 0.15) is 5.75 Å². The van der Waals surface area contributed by atoms with Gasteiger partial charge >= 0.3 is 0 Å². The first-order valence-corrected chi connectivity index (χ1v) is 8.83. The lowest BCUT2D eigenvalue weighted by atomic mass is 9.79. The first kappa shape index (κ1) is 13.8. The minimum Gasteiger partial charge on any atom is -0.492 e. The zero-order valence-corrected chi connectivity index (χ0v) is 13.4. The van der Waals surface area contributed by atoms with Crippen LogP contribution in [-0.2, 0) is 0 Å². The van der Waals surface area contributed by atoms with Crippen LogP contribution >= 0.6 is 11.6 Å². The number of fused-ring (bicyclic) bond motifs is 5. The van der Waals surface area contributed by atoms with Gasteiger partial charge in [0.2, 0.25) is 0 Å². The number of hydrogen-bond donors (Lipinski definition) is 1. The molecule has 0 heterocycles. The number of hydrogen-bond acceptors (Lipinski definition) is 2. The lowest BCUT2D eigenvalue weighted by Gasteiger charge is -2.33. The molecule has 1 N–H and O–H groups in total. The molecule has 5 unspecified atom stereocenters. The molecular formula is C18H24ClNO. The molecule has 21 heavy (non-hydrogen) atoms. The molecule has 0 aliphatic heterocycles. The lowest BCUT2D eigenvalue weighted by Crippen LogP contribution is -2.34. The molecule has 3 heteroatoms. The van der Waals surface area contributed by atoms with Crippen molar-refractivity contribution < 1.29 is 4.74 Å². The van der Waals surface area contributed by atoms with E-state index in [0.29, 0.717) is 12.6 Å². The second-order valence-electron chi connectivity index (χ2n) is 6.98. The summed E-state index contributed by atoms with van der Waals surface area (Å²) >= 11 is 6.18. The van der Waals surface area contributed by atoms with Crippen LogP contribution in [0.3, 0.4) is 0 Å². The van der Waals surface area contributed by atoms with E-state index in [2.05, 4.69) is 5.32 Å². The molecular weight excluding hydrogens is 282 g/mol. The molecule has 3 aliphatic rings. The molecule has 3 fully saturated rings. The summed E-state index contributed by atoms with van der Waals surface area (Å²) in [5, 5.41) is 4.55. The number of anilines is 1. The zero-order valence-electron chi connectivity index (χ0n) is 12.6. The van der Waals surface area contributed by atoms with Crippen LogP contribution in [0.2, 0.25) is 5.02 Å². The maximum Gasteiger partial charge on any atom is 0.142 e. The van der Waals surface area contributed by atoms with Gasteiger partial charge in [-0.1, -0.05) is 18.0 Å². The first-order valence-electron chi connectivity index (χ1n) is 8.45. The molecule has 5 atom stereocenters. The number of halogens is 1. The largest absolute Gasteiger partial charge is 0.492 e. The Morgan fingerprint density at radius 3 is 2.90 bits per heavy atom. The molecule has 0 saturated heterocycles. The summed E-state index contributed by atoms with van der Waals surface area (Å²) in [6.07, 6.45) is 7.18. The molecule has 4 rings (SSSR count). The van der Waals surface area contributed by atoms with Crippen LogP contribution in [0.25, 0.3) is 0 Å². The number of benzene rings is 1. The average molecular weight is 306 g/mol. The normalized spacial score (nSPS) is 36.8. The molecule has 0 aromatic heterocycles. The smallest absolute Gasteiger partial charge is 0.142 e. The van der Waals surface area contributed by atoms with E-state index in [9.17, 15) is 0 Å². The molecule has 114 valence electrons. The number of nitrogens with one attached hydrogen (secondary N) is 1. The monoisotopic (exact) mass is 305 g/mol. The topological polar surface area (TPSA) is 21.3 Å². The summed E-state index contributed by atoms with van der Waals surface area (Å²) in [5.41, 5.74) is 1.08. The fraction of sp³-hybridized carbons (Fsp3) is 0.667. The number of ether oxygens (including phenoxy) is 1. The molecule has 0 radical (unpaired) electrons. The number of rotatable bonds is 4. The summed E-state index contributed by atoms with van der Waals surface area (Å²) in [6, 6.07) is 6.53. The van der Waals surface area contributed by atoms with Crippen molar-refractivity contribution in [2.45, 2.75) is 45.1 Å². The molecule has 0 spiro atoms. The highest BCUT2D eigenvalue weighted by atomic mass is 35.5. The van der Waals surface area contributed by atoms with Crippen molar-refractivity contribution >= 4 is 17.3 Å². The van der Waals surface area contributed by atoms with E-state index in [1.54, 1.807) is 0 Å². The van der Waals surface area contributed by atoms with Crippen LogP contribution in [0.4, 0.5) is 5.69 Å². The maximum absolute atomic E-state index is 6.18. The molecule has 0 amide bonds. The van der Waals surface area contributed by atoms with Gasteiger partial charge in [0, 0.05) is 11.1 Å². The van der Waals surface area contributed by atoms with Gasteiger partial charge < -0.3 is 10.1 Å². The Labute approximate surface area is 132 Å². The van der Waals surface area contributed by atoms with E-state index in [4.69, 9.17) is 16.3 Å². The van der Waals surface area contributed by atoms with Crippen molar-refractivity contribution in [1.29, 1.82) is 0 Å². The van der Waals surface area contributed by atoms with Gasteiger partial charge in [0.05, 0.1) is 12.3 Å². The average Bonchev–Trinajstić information content (AvgIpc) is 3.13. The van der Waals surface area contributed by atoms with Crippen molar-refractivity contribution in [2.75, 3.05) is 11.9 Å². The Balaban J connectivity index is 1.53. The predicted molar refractivity (Wildman–Crippen MR) is 87.1 cm³/mol. The van der Waals surface area contributed by atoms with E-state index in [-0.39, 0.29) is 0 Å². The Morgan fingerprint density at radius 2 is 2.05 bits per heavy atom. The second kappa shape index (κ2) is 5.39. The first-order chi connectivity index (χ1) is 10.3. The Kier molecular flexibility index (Phi) is 3.53. The molecule has 3 saturated carbocycles. The Bertz CT molecular complexity index is 532. The van der Waals surface area contributed by atoms with Crippen LogP contribution in [0.5, 0.6) is 5.75 Å². The van der Waals surface area contributed by atoms with E-state index in [1.807, 2.05) is 25.1 Å². The zero-order chi connectivity index (χ0) is 14.4. The van der Waals surface area contributed by atoms with E-state index >= 15 is 0 Å². The third-order valence-corrected chi connectivity index (χ3v) is 6.25. The molecule has 2 bridgehead atoms. The van der Waals surface area contributed by atoms with Crippen molar-refractivity contribution in [3.8, 4) is 5.75 Å². The minimum atomic E-state index is 0.618. The fourth-order valence-electron chi connectivity index (χ4n) is 5.33.